The van der Waals surface area contributed by atoms with Crippen molar-refractivity contribution in [1.29, 1.82) is 0 Å². The number of carboxylic acids is 1. The van der Waals surface area contributed by atoms with Gasteiger partial charge in [0.25, 0.3) is 5.91 Å². The first kappa shape index (κ1) is 25.1. The van der Waals surface area contributed by atoms with Crippen LogP contribution in [0.4, 0.5) is 0 Å². The van der Waals surface area contributed by atoms with E-state index >= 15 is 0 Å². The second kappa shape index (κ2) is 11.2. The summed E-state index contributed by atoms with van der Waals surface area (Å²) in [6.07, 6.45) is 0.918. The number of carbonyl (C=O) groups is 2. The molecular formula is C26H25ClN2O7. The first-order chi connectivity index (χ1) is 17.4. The lowest BCUT2D eigenvalue weighted by atomic mass is 9.93. The number of methoxy groups -OCH3 is 2. The summed E-state index contributed by atoms with van der Waals surface area (Å²) in [5.74, 6) is 0.326. The maximum Gasteiger partial charge on any atom is 0.311 e. The molecule has 2 N–H and O–H groups in total. The van der Waals surface area contributed by atoms with E-state index in [0.717, 1.165) is 5.56 Å². The Balaban J connectivity index is 1.37. The third-order valence-electron chi connectivity index (χ3n) is 5.74. The highest BCUT2D eigenvalue weighted by atomic mass is 35.5. The van der Waals surface area contributed by atoms with Crippen molar-refractivity contribution in [2.75, 3.05) is 27.4 Å². The van der Waals surface area contributed by atoms with Crippen molar-refractivity contribution in [3.05, 3.63) is 70.2 Å². The van der Waals surface area contributed by atoms with Crippen LogP contribution in [0.1, 0.15) is 33.8 Å². The van der Waals surface area contributed by atoms with E-state index in [1.807, 2.05) is 6.07 Å². The van der Waals surface area contributed by atoms with Crippen molar-refractivity contribution < 1.29 is 33.6 Å². The van der Waals surface area contributed by atoms with Crippen molar-refractivity contribution >= 4 is 23.5 Å². The molecule has 2 heterocycles. The summed E-state index contributed by atoms with van der Waals surface area (Å²) in [4.78, 5) is 28.3. The minimum absolute atomic E-state index is 0.234. The van der Waals surface area contributed by atoms with Crippen LogP contribution in [0.25, 0.3) is 0 Å². The van der Waals surface area contributed by atoms with Gasteiger partial charge in [-0.15, -0.1) is 0 Å². The van der Waals surface area contributed by atoms with Crippen molar-refractivity contribution in [2.24, 2.45) is 0 Å². The summed E-state index contributed by atoms with van der Waals surface area (Å²) in [7, 11) is 3.06. The van der Waals surface area contributed by atoms with Gasteiger partial charge in [0.1, 0.15) is 17.2 Å². The molecule has 1 aliphatic rings. The Bertz CT molecular complexity index is 1260. The van der Waals surface area contributed by atoms with E-state index in [9.17, 15) is 14.7 Å². The minimum atomic E-state index is -0.919. The maximum absolute atomic E-state index is 12.6. The predicted octanol–water partition coefficient (Wildman–Crippen LogP) is 4.47. The van der Waals surface area contributed by atoms with Gasteiger partial charge in [-0.1, -0.05) is 11.6 Å². The van der Waals surface area contributed by atoms with Crippen LogP contribution in [0.2, 0.25) is 5.02 Å². The number of halogens is 1. The molecule has 0 saturated heterocycles. The lowest BCUT2D eigenvalue weighted by Gasteiger charge is -2.24. The standard InChI is InChI=1S/C26H25ClN2O7/c1-33-23-8-5-16(25(29-23)34-2)9-11-28-24(30)15-3-6-17(7-4-15)36-22-14-21-19(13-20(22)27)18(26(31)32)10-12-35-21/h3-8,13-14,18H,9-12H2,1-2H3,(H,28,30)(H,31,32). The molecule has 3 aromatic rings. The third kappa shape index (κ3) is 5.63. The van der Waals surface area contributed by atoms with Crippen LogP contribution in [0.15, 0.2) is 48.5 Å². The Morgan fingerprint density at radius 2 is 1.92 bits per heavy atom. The Hall–Kier alpha value is -3.98. The highest BCUT2D eigenvalue weighted by molar-refractivity contribution is 6.32. The Labute approximate surface area is 212 Å². The van der Waals surface area contributed by atoms with E-state index in [-0.39, 0.29) is 10.9 Å². The van der Waals surface area contributed by atoms with Crippen LogP contribution in [0.3, 0.4) is 0 Å². The molecule has 1 amide bonds. The van der Waals surface area contributed by atoms with Crippen molar-refractivity contribution in [1.82, 2.24) is 10.3 Å². The van der Waals surface area contributed by atoms with E-state index in [1.54, 1.807) is 42.5 Å². The fourth-order valence-electron chi connectivity index (χ4n) is 3.87. The van der Waals surface area contributed by atoms with E-state index < -0.39 is 11.9 Å². The van der Waals surface area contributed by atoms with Crippen molar-refractivity contribution in [3.63, 3.8) is 0 Å². The Kier molecular flexibility index (Phi) is 7.80. The molecule has 10 heteroatoms. The predicted molar refractivity (Wildman–Crippen MR) is 132 cm³/mol. The highest BCUT2D eigenvalue weighted by Gasteiger charge is 2.29. The van der Waals surface area contributed by atoms with Gasteiger partial charge in [0.15, 0.2) is 0 Å². The molecule has 0 saturated carbocycles. The molecule has 1 atom stereocenters. The van der Waals surface area contributed by atoms with E-state index in [4.69, 9.17) is 30.5 Å². The number of rotatable bonds is 9. The second-order valence-corrected chi connectivity index (χ2v) is 8.41. The lowest BCUT2D eigenvalue weighted by Crippen LogP contribution is -2.25. The van der Waals surface area contributed by atoms with Crippen LogP contribution in [-0.4, -0.2) is 49.3 Å². The van der Waals surface area contributed by atoms with Gasteiger partial charge in [0.2, 0.25) is 11.8 Å². The van der Waals surface area contributed by atoms with E-state index in [0.29, 0.717) is 66.1 Å². The number of carboxylic acid groups (broad SMARTS) is 1. The van der Waals surface area contributed by atoms with Gasteiger partial charge in [-0.3, -0.25) is 9.59 Å². The summed E-state index contributed by atoms with van der Waals surface area (Å²) in [6.45, 7) is 0.695. The molecule has 9 nitrogen and oxygen atoms in total. The van der Waals surface area contributed by atoms with Gasteiger partial charge >= 0.3 is 5.97 Å². The average molecular weight is 513 g/mol. The monoisotopic (exact) mass is 512 g/mol. The molecular weight excluding hydrogens is 488 g/mol. The van der Waals surface area contributed by atoms with Crippen LogP contribution in [0.5, 0.6) is 29.0 Å². The molecule has 36 heavy (non-hydrogen) atoms. The molecule has 188 valence electrons. The number of nitrogens with zero attached hydrogens (tertiary/aromatic N) is 1. The second-order valence-electron chi connectivity index (χ2n) is 8.00. The molecule has 1 unspecified atom stereocenters. The van der Waals surface area contributed by atoms with Crippen LogP contribution in [0, 0.1) is 0 Å². The van der Waals surface area contributed by atoms with Crippen LogP contribution >= 0.6 is 11.6 Å². The summed E-state index contributed by atoms with van der Waals surface area (Å²) in [5.41, 5.74) is 1.84. The van der Waals surface area contributed by atoms with Gasteiger partial charge in [-0.2, -0.15) is 4.98 Å². The van der Waals surface area contributed by atoms with Gasteiger partial charge in [0.05, 0.1) is 31.8 Å². The largest absolute Gasteiger partial charge is 0.493 e. The molecule has 0 spiro atoms. The zero-order valence-electron chi connectivity index (χ0n) is 19.7. The number of aliphatic carboxylic acids is 1. The topological polar surface area (TPSA) is 116 Å². The highest BCUT2D eigenvalue weighted by Crippen LogP contribution is 2.41. The Morgan fingerprint density at radius 1 is 1.14 bits per heavy atom. The van der Waals surface area contributed by atoms with Crippen molar-refractivity contribution in [2.45, 2.75) is 18.8 Å². The number of carbonyl (C=O) groups excluding carboxylic acids is 1. The van der Waals surface area contributed by atoms with Crippen molar-refractivity contribution in [3.8, 4) is 29.0 Å². The number of hydrogen-bond acceptors (Lipinski definition) is 7. The van der Waals surface area contributed by atoms with E-state index in [1.165, 1.54) is 14.2 Å². The number of benzene rings is 2. The summed E-state index contributed by atoms with van der Waals surface area (Å²) >= 11 is 6.35. The molecule has 0 radical (unpaired) electrons. The van der Waals surface area contributed by atoms with Gasteiger partial charge in [0, 0.05) is 35.4 Å². The molecule has 1 aliphatic heterocycles. The zero-order chi connectivity index (χ0) is 25.7. The fraction of sp³-hybridized carbons (Fsp3) is 0.269. The number of amides is 1. The molecule has 1 aromatic heterocycles. The van der Waals surface area contributed by atoms with Gasteiger partial charge in [-0.05, 0) is 49.2 Å². The fourth-order valence-corrected chi connectivity index (χ4v) is 4.08. The van der Waals surface area contributed by atoms with Gasteiger partial charge in [-0.25, -0.2) is 0 Å². The van der Waals surface area contributed by atoms with E-state index in [2.05, 4.69) is 10.3 Å². The summed E-state index contributed by atoms with van der Waals surface area (Å²) in [5, 5.41) is 12.6. The van der Waals surface area contributed by atoms with Gasteiger partial charge < -0.3 is 29.4 Å². The molecule has 0 fully saturated rings. The first-order valence-corrected chi connectivity index (χ1v) is 11.6. The zero-order valence-corrected chi connectivity index (χ0v) is 20.5. The quantitative estimate of drug-likeness (QED) is 0.431. The lowest BCUT2D eigenvalue weighted by molar-refractivity contribution is -0.139. The molecule has 4 rings (SSSR count). The summed E-state index contributed by atoms with van der Waals surface area (Å²) in [6, 6.07) is 13.3. The maximum atomic E-state index is 12.6. The smallest absolute Gasteiger partial charge is 0.311 e. The Morgan fingerprint density at radius 3 is 2.61 bits per heavy atom. The van der Waals surface area contributed by atoms with Crippen LogP contribution in [-0.2, 0) is 11.2 Å². The number of hydrogen-bond donors (Lipinski definition) is 2. The average Bonchev–Trinajstić information content (AvgIpc) is 2.89. The molecule has 2 aromatic carbocycles. The summed E-state index contributed by atoms with van der Waals surface area (Å²) < 4.78 is 21.9. The number of fused-ring (bicyclic) bond motifs is 1. The SMILES string of the molecule is COc1ccc(CCNC(=O)c2ccc(Oc3cc4c(cc3Cl)C(C(=O)O)CCO4)cc2)c(OC)n1. The number of nitrogens with one attached hydrogen (secondary N) is 1. The number of aromatic nitrogens is 1. The molecule has 0 bridgehead atoms. The third-order valence-corrected chi connectivity index (χ3v) is 6.04. The number of ether oxygens (including phenoxy) is 4. The van der Waals surface area contributed by atoms with Crippen LogP contribution < -0.4 is 24.3 Å². The number of pyridine rings is 1. The molecule has 0 aliphatic carbocycles. The minimum Gasteiger partial charge on any atom is -0.493 e. The normalized spacial score (nSPS) is 14.2. The first-order valence-electron chi connectivity index (χ1n) is 11.2.